The van der Waals surface area contributed by atoms with E-state index in [0.717, 1.165) is 5.69 Å². The molecule has 1 saturated heterocycles. The Morgan fingerprint density at radius 3 is 2.71 bits per heavy atom. The summed E-state index contributed by atoms with van der Waals surface area (Å²) in [6.45, 7) is 0.578. The summed E-state index contributed by atoms with van der Waals surface area (Å²) in [4.78, 5) is 26.3. The topological polar surface area (TPSA) is 67.9 Å². The Bertz CT molecular complexity index is 791. The summed E-state index contributed by atoms with van der Waals surface area (Å²) < 4.78 is 10.6. The lowest BCUT2D eigenvalue weighted by atomic mass is 10.1. The molecule has 1 atom stereocenters. The van der Waals surface area contributed by atoms with Gasteiger partial charge in [-0.1, -0.05) is 18.2 Å². The molecular weight excluding hydrogens is 308 g/mol. The second-order valence-electron chi connectivity index (χ2n) is 5.80. The zero-order valence-corrected chi connectivity index (χ0v) is 12.9. The van der Waals surface area contributed by atoms with Crippen molar-refractivity contribution < 1.29 is 19.1 Å². The molecule has 0 aliphatic carbocycles. The van der Waals surface area contributed by atoms with Gasteiger partial charge in [0.25, 0.3) is 0 Å². The van der Waals surface area contributed by atoms with Crippen molar-refractivity contribution >= 4 is 23.2 Å². The molecule has 0 saturated carbocycles. The number of amides is 2. The van der Waals surface area contributed by atoms with Crippen LogP contribution in [0.1, 0.15) is 6.42 Å². The van der Waals surface area contributed by atoms with Gasteiger partial charge in [-0.2, -0.15) is 0 Å². The van der Waals surface area contributed by atoms with Gasteiger partial charge in [0, 0.05) is 30.4 Å². The molecule has 0 radical (unpaired) electrons. The number of nitrogens with zero attached hydrogens (tertiary/aromatic N) is 1. The average molecular weight is 324 g/mol. The van der Waals surface area contributed by atoms with E-state index in [0.29, 0.717) is 23.7 Å². The Balaban J connectivity index is 1.45. The van der Waals surface area contributed by atoms with Gasteiger partial charge in [0.1, 0.15) is 0 Å². The molecule has 0 bridgehead atoms. The van der Waals surface area contributed by atoms with Gasteiger partial charge in [0.2, 0.25) is 18.6 Å². The molecule has 2 aliphatic heterocycles. The van der Waals surface area contributed by atoms with E-state index < -0.39 is 0 Å². The van der Waals surface area contributed by atoms with Crippen molar-refractivity contribution in [3.63, 3.8) is 0 Å². The van der Waals surface area contributed by atoms with E-state index in [9.17, 15) is 9.59 Å². The molecule has 1 fully saturated rings. The lowest BCUT2D eigenvalue weighted by Gasteiger charge is -2.16. The molecule has 6 heteroatoms. The van der Waals surface area contributed by atoms with E-state index in [1.807, 2.05) is 30.3 Å². The van der Waals surface area contributed by atoms with Crippen molar-refractivity contribution in [2.75, 3.05) is 23.6 Å². The number of carbonyl (C=O) groups excluding carboxylic acids is 2. The minimum atomic E-state index is -0.372. The van der Waals surface area contributed by atoms with E-state index >= 15 is 0 Å². The van der Waals surface area contributed by atoms with Crippen molar-refractivity contribution in [3.8, 4) is 11.5 Å². The molecule has 1 N–H and O–H groups in total. The maximum Gasteiger partial charge on any atom is 0.231 e. The van der Waals surface area contributed by atoms with Crippen LogP contribution in [0.2, 0.25) is 0 Å². The Morgan fingerprint density at radius 1 is 1.08 bits per heavy atom. The Hall–Kier alpha value is -3.02. The molecule has 0 unspecified atom stereocenters. The lowest BCUT2D eigenvalue weighted by molar-refractivity contribution is -0.122. The minimum Gasteiger partial charge on any atom is -0.454 e. The molecule has 122 valence electrons. The molecule has 24 heavy (non-hydrogen) atoms. The average Bonchev–Trinajstić information content (AvgIpc) is 3.21. The zero-order chi connectivity index (χ0) is 16.5. The van der Waals surface area contributed by atoms with E-state index in [1.54, 1.807) is 23.1 Å². The molecule has 0 aromatic heterocycles. The second kappa shape index (κ2) is 5.88. The van der Waals surface area contributed by atoms with Gasteiger partial charge in [0.05, 0.1) is 5.92 Å². The molecule has 4 rings (SSSR count). The predicted molar refractivity (Wildman–Crippen MR) is 88.1 cm³/mol. The summed E-state index contributed by atoms with van der Waals surface area (Å²) in [7, 11) is 0. The van der Waals surface area contributed by atoms with Gasteiger partial charge in [-0.05, 0) is 24.3 Å². The molecule has 2 aliphatic rings. The minimum absolute atomic E-state index is 0.0352. The number of anilines is 2. The number of ether oxygens (including phenoxy) is 2. The molecule has 2 aromatic carbocycles. The number of fused-ring (bicyclic) bond motifs is 1. The van der Waals surface area contributed by atoms with Gasteiger partial charge >= 0.3 is 0 Å². The predicted octanol–water partition coefficient (Wildman–Crippen LogP) is 2.41. The van der Waals surface area contributed by atoms with Crippen LogP contribution in [-0.4, -0.2) is 25.2 Å². The maximum absolute atomic E-state index is 12.5. The van der Waals surface area contributed by atoms with Crippen LogP contribution in [-0.2, 0) is 9.59 Å². The van der Waals surface area contributed by atoms with Crippen LogP contribution in [0.4, 0.5) is 11.4 Å². The fourth-order valence-corrected chi connectivity index (χ4v) is 2.96. The van der Waals surface area contributed by atoms with Crippen molar-refractivity contribution in [2.24, 2.45) is 5.92 Å². The number of nitrogens with one attached hydrogen (secondary N) is 1. The van der Waals surface area contributed by atoms with Crippen molar-refractivity contribution in [1.29, 1.82) is 0 Å². The summed E-state index contributed by atoms with van der Waals surface area (Å²) in [5.74, 6) is 0.705. The highest BCUT2D eigenvalue weighted by Gasteiger charge is 2.35. The lowest BCUT2D eigenvalue weighted by Crippen LogP contribution is -2.28. The first-order valence-electron chi connectivity index (χ1n) is 7.76. The van der Waals surface area contributed by atoms with E-state index in [4.69, 9.17) is 9.47 Å². The third kappa shape index (κ3) is 2.67. The van der Waals surface area contributed by atoms with Crippen LogP contribution in [0.15, 0.2) is 48.5 Å². The van der Waals surface area contributed by atoms with E-state index in [2.05, 4.69) is 5.32 Å². The van der Waals surface area contributed by atoms with Crippen molar-refractivity contribution in [2.45, 2.75) is 6.42 Å². The summed E-state index contributed by atoms with van der Waals surface area (Å²) in [5, 5.41) is 2.85. The normalized spacial score (nSPS) is 18.8. The monoisotopic (exact) mass is 324 g/mol. The number of carbonyl (C=O) groups is 2. The molecule has 6 nitrogen and oxygen atoms in total. The van der Waals surface area contributed by atoms with Gasteiger partial charge in [-0.3, -0.25) is 9.59 Å². The van der Waals surface area contributed by atoms with E-state index in [-0.39, 0.29) is 30.9 Å². The number of benzene rings is 2. The van der Waals surface area contributed by atoms with Crippen LogP contribution in [0.3, 0.4) is 0 Å². The summed E-state index contributed by atoms with van der Waals surface area (Å²) in [6, 6.07) is 14.6. The second-order valence-corrected chi connectivity index (χ2v) is 5.80. The van der Waals surface area contributed by atoms with Crippen molar-refractivity contribution in [3.05, 3.63) is 48.5 Å². The van der Waals surface area contributed by atoms with Crippen LogP contribution >= 0.6 is 0 Å². The maximum atomic E-state index is 12.5. The number of hydrogen-bond acceptors (Lipinski definition) is 4. The number of para-hydroxylation sites is 1. The molecule has 2 heterocycles. The quantitative estimate of drug-likeness (QED) is 0.941. The van der Waals surface area contributed by atoms with Gasteiger partial charge < -0.3 is 19.7 Å². The smallest absolute Gasteiger partial charge is 0.231 e. The fourth-order valence-electron chi connectivity index (χ4n) is 2.96. The van der Waals surface area contributed by atoms with E-state index in [1.165, 1.54) is 0 Å². The molecular formula is C18H16N2O4. The molecule has 2 amide bonds. The summed E-state index contributed by atoms with van der Waals surface area (Å²) in [5.41, 5.74) is 1.45. The van der Waals surface area contributed by atoms with Crippen LogP contribution in [0.5, 0.6) is 11.5 Å². The third-order valence-corrected chi connectivity index (χ3v) is 4.20. The summed E-state index contributed by atoms with van der Waals surface area (Å²) in [6.07, 6.45) is 0.214. The highest BCUT2D eigenvalue weighted by molar-refractivity contribution is 6.03. The van der Waals surface area contributed by atoms with Crippen molar-refractivity contribution in [1.82, 2.24) is 0 Å². The number of rotatable bonds is 3. The number of hydrogen-bond donors (Lipinski definition) is 1. The fraction of sp³-hybridized carbons (Fsp3) is 0.222. The van der Waals surface area contributed by atoms with Crippen LogP contribution < -0.4 is 19.7 Å². The zero-order valence-electron chi connectivity index (χ0n) is 12.9. The first-order valence-corrected chi connectivity index (χ1v) is 7.76. The highest BCUT2D eigenvalue weighted by atomic mass is 16.7. The first-order chi connectivity index (χ1) is 11.7. The Labute approximate surface area is 139 Å². The van der Waals surface area contributed by atoms with Gasteiger partial charge in [-0.15, -0.1) is 0 Å². The standard InChI is InChI=1S/C18H16N2O4/c21-17-8-12(10-20(17)14-4-2-1-3-5-14)18(22)19-13-6-7-15-16(9-13)24-11-23-15/h1-7,9,12H,8,10-11H2,(H,19,22)/t12-/m1/s1. The molecule has 0 spiro atoms. The largest absolute Gasteiger partial charge is 0.454 e. The van der Waals surface area contributed by atoms with Crippen LogP contribution in [0.25, 0.3) is 0 Å². The Kier molecular flexibility index (Phi) is 3.57. The van der Waals surface area contributed by atoms with Gasteiger partial charge in [-0.25, -0.2) is 0 Å². The first kappa shape index (κ1) is 14.6. The third-order valence-electron chi connectivity index (χ3n) is 4.20. The highest BCUT2D eigenvalue weighted by Crippen LogP contribution is 2.34. The Morgan fingerprint density at radius 2 is 1.88 bits per heavy atom. The van der Waals surface area contributed by atoms with Gasteiger partial charge in [0.15, 0.2) is 11.5 Å². The SMILES string of the molecule is O=C(Nc1ccc2c(c1)OCO2)[C@@H]1CC(=O)N(c2ccccc2)C1. The molecule has 2 aromatic rings. The van der Waals surface area contributed by atoms with Crippen LogP contribution in [0, 0.1) is 5.92 Å². The summed E-state index contributed by atoms with van der Waals surface area (Å²) >= 11 is 0.